The molecule has 1 aromatic rings. The molecule has 36 heavy (non-hydrogen) atoms. The summed E-state index contributed by atoms with van der Waals surface area (Å²) in [6, 6.07) is 7.84. The van der Waals surface area contributed by atoms with E-state index in [2.05, 4.69) is 115 Å². The van der Waals surface area contributed by atoms with Gasteiger partial charge in [0.1, 0.15) is 0 Å². The fourth-order valence-electron chi connectivity index (χ4n) is 8.14. The molecule has 3 N–H and O–H groups in total. The molecule has 3 heteroatoms. The first-order valence-electron chi connectivity index (χ1n) is 13.8. The van der Waals surface area contributed by atoms with Crippen molar-refractivity contribution in [3.05, 3.63) is 95.8 Å². The fourth-order valence-corrected chi connectivity index (χ4v) is 9.51. The Kier molecular flexibility index (Phi) is 6.28. The first-order chi connectivity index (χ1) is 17.1. The quantitative estimate of drug-likeness (QED) is 0.393. The van der Waals surface area contributed by atoms with Crippen LogP contribution in [-0.2, 0) is 10.8 Å². The maximum atomic E-state index is 6.55. The van der Waals surface area contributed by atoms with E-state index in [0.29, 0.717) is 34.4 Å². The topological polar surface area (TPSA) is 38.0 Å². The van der Waals surface area contributed by atoms with E-state index in [1.54, 1.807) is 5.57 Å². The van der Waals surface area contributed by atoms with Crippen LogP contribution in [0.25, 0.3) is 0 Å². The Bertz CT molecular complexity index is 1150. The van der Waals surface area contributed by atoms with Crippen LogP contribution in [0.15, 0.2) is 79.1 Å². The highest BCUT2D eigenvalue weighted by Gasteiger charge is 2.63. The third kappa shape index (κ3) is 3.21. The highest BCUT2D eigenvalue weighted by molar-refractivity contribution is 8.00. The van der Waals surface area contributed by atoms with E-state index in [-0.39, 0.29) is 16.2 Å². The second kappa shape index (κ2) is 8.81. The lowest BCUT2D eigenvalue weighted by atomic mass is 9.49. The Morgan fingerprint density at radius 1 is 1.17 bits per heavy atom. The molecule has 3 aliphatic carbocycles. The molecule has 1 saturated heterocycles. The molecule has 5 unspecified atom stereocenters. The van der Waals surface area contributed by atoms with E-state index < -0.39 is 0 Å². The average Bonchev–Trinajstić information content (AvgIpc) is 3.39. The number of hydrogen-bond donors (Lipinski definition) is 2. The lowest BCUT2D eigenvalue weighted by molar-refractivity contribution is 0.130. The summed E-state index contributed by atoms with van der Waals surface area (Å²) < 4.78 is 0. The minimum atomic E-state index is -0.225. The minimum absolute atomic E-state index is 0.0324. The molecule has 0 amide bonds. The average molecular weight is 501 g/mol. The summed E-state index contributed by atoms with van der Waals surface area (Å²) in [7, 11) is 0. The Labute approximate surface area is 223 Å². The van der Waals surface area contributed by atoms with Gasteiger partial charge in [0.05, 0.1) is 5.37 Å². The number of benzene rings is 1. The van der Waals surface area contributed by atoms with Crippen molar-refractivity contribution in [2.75, 3.05) is 0 Å². The van der Waals surface area contributed by atoms with E-state index >= 15 is 0 Å². The molecule has 1 aliphatic heterocycles. The van der Waals surface area contributed by atoms with Crippen molar-refractivity contribution < 1.29 is 0 Å². The summed E-state index contributed by atoms with van der Waals surface area (Å²) in [5, 5.41) is 4.69. The Hall–Kier alpha value is -1.97. The zero-order valence-electron chi connectivity index (χ0n) is 23.0. The van der Waals surface area contributed by atoms with Gasteiger partial charge in [-0.25, -0.2) is 0 Å². The summed E-state index contributed by atoms with van der Waals surface area (Å²) in [5.74, 6) is 1.25. The number of rotatable bonds is 6. The number of allylic oxidation sites excluding steroid dienone is 5. The van der Waals surface area contributed by atoms with E-state index in [4.69, 9.17) is 5.73 Å². The standard InChI is InChI=1S/C33H44N2S/c1-9-17-33-22(6)21(5)31(8,23(7)34)19-29(33)32(10-2,20(3)4)26-18-24(15-16-25(26)33)30-35-27-13-11-12-14-28(27)36-30/h9,11-16,18-22,27-28,30,35H,1,7,10,17,34H2,2-6,8H3/t21-,22+,27?,28?,30?,31+,32?,33?/m0/s1. The summed E-state index contributed by atoms with van der Waals surface area (Å²) >= 11 is 2.04. The Morgan fingerprint density at radius 3 is 2.50 bits per heavy atom. The summed E-state index contributed by atoms with van der Waals surface area (Å²) in [6.07, 6.45) is 15.7. The first kappa shape index (κ1) is 25.7. The Morgan fingerprint density at radius 2 is 1.89 bits per heavy atom. The highest BCUT2D eigenvalue weighted by atomic mass is 32.2. The molecule has 2 nitrogen and oxygen atoms in total. The van der Waals surface area contributed by atoms with Crippen LogP contribution in [0.3, 0.4) is 0 Å². The number of fused-ring (bicyclic) bond motifs is 4. The van der Waals surface area contributed by atoms with Gasteiger partial charge >= 0.3 is 0 Å². The van der Waals surface area contributed by atoms with Crippen LogP contribution in [0.5, 0.6) is 0 Å². The molecule has 1 aromatic carbocycles. The lowest BCUT2D eigenvalue weighted by Gasteiger charge is -2.54. The predicted octanol–water partition coefficient (Wildman–Crippen LogP) is 7.71. The van der Waals surface area contributed by atoms with Gasteiger partial charge in [0.2, 0.25) is 0 Å². The molecule has 1 fully saturated rings. The molecular weight excluding hydrogens is 456 g/mol. The van der Waals surface area contributed by atoms with Gasteiger partial charge in [-0.15, -0.1) is 18.3 Å². The van der Waals surface area contributed by atoms with Gasteiger partial charge < -0.3 is 5.73 Å². The molecule has 0 saturated carbocycles. The van der Waals surface area contributed by atoms with Crippen LogP contribution >= 0.6 is 11.8 Å². The van der Waals surface area contributed by atoms with E-state index in [1.807, 2.05) is 11.8 Å². The van der Waals surface area contributed by atoms with Gasteiger partial charge in [-0.3, -0.25) is 5.32 Å². The van der Waals surface area contributed by atoms with Crippen molar-refractivity contribution in [1.29, 1.82) is 0 Å². The summed E-state index contributed by atoms with van der Waals surface area (Å²) in [5.41, 5.74) is 13.0. The van der Waals surface area contributed by atoms with Crippen LogP contribution in [0.4, 0.5) is 0 Å². The van der Waals surface area contributed by atoms with Crippen molar-refractivity contribution in [3.63, 3.8) is 0 Å². The first-order valence-corrected chi connectivity index (χ1v) is 14.7. The minimum Gasteiger partial charge on any atom is -0.402 e. The van der Waals surface area contributed by atoms with Gasteiger partial charge in [-0.1, -0.05) is 108 Å². The van der Waals surface area contributed by atoms with Gasteiger partial charge in [0.15, 0.2) is 0 Å². The molecule has 0 bridgehead atoms. The van der Waals surface area contributed by atoms with Crippen molar-refractivity contribution in [2.24, 2.45) is 28.9 Å². The summed E-state index contributed by atoms with van der Waals surface area (Å²) in [4.78, 5) is 0. The van der Waals surface area contributed by atoms with Crippen LogP contribution in [0.2, 0.25) is 0 Å². The Balaban J connectivity index is 1.75. The van der Waals surface area contributed by atoms with Crippen LogP contribution in [0.1, 0.15) is 76.4 Å². The van der Waals surface area contributed by atoms with Crippen LogP contribution in [-0.4, -0.2) is 11.3 Å². The van der Waals surface area contributed by atoms with E-state index in [9.17, 15) is 0 Å². The maximum Gasteiger partial charge on any atom is 0.0801 e. The maximum absolute atomic E-state index is 6.55. The number of hydrogen-bond acceptors (Lipinski definition) is 3. The van der Waals surface area contributed by atoms with Gasteiger partial charge in [-0.2, -0.15) is 0 Å². The molecular formula is C33H44N2S. The van der Waals surface area contributed by atoms with Crippen molar-refractivity contribution >= 4 is 11.8 Å². The monoisotopic (exact) mass is 500 g/mol. The zero-order valence-corrected chi connectivity index (χ0v) is 23.8. The van der Waals surface area contributed by atoms with Gasteiger partial charge in [0, 0.05) is 33.2 Å². The molecule has 0 radical (unpaired) electrons. The molecule has 192 valence electrons. The van der Waals surface area contributed by atoms with Crippen LogP contribution < -0.4 is 11.1 Å². The number of nitrogens with one attached hydrogen (secondary N) is 1. The van der Waals surface area contributed by atoms with Crippen LogP contribution in [0, 0.1) is 23.2 Å². The number of thioether (sulfide) groups is 1. The van der Waals surface area contributed by atoms with Gasteiger partial charge in [-0.05, 0) is 47.3 Å². The lowest BCUT2D eigenvalue weighted by Crippen LogP contribution is -2.50. The second-order valence-electron chi connectivity index (χ2n) is 12.1. The van der Waals surface area contributed by atoms with Crippen molar-refractivity contribution in [1.82, 2.24) is 5.32 Å². The molecule has 5 rings (SSSR count). The third-order valence-corrected chi connectivity index (χ3v) is 12.1. The molecule has 0 aromatic heterocycles. The summed E-state index contributed by atoms with van der Waals surface area (Å²) in [6.45, 7) is 22.9. The normalized spacial score (nSPS) is 40.5. The second-order valence-corrected chi connectivity index (χ2v) is 13.4. The SMILES string of the molecule is C=CCC12C(=C[C@@](C)(C(=C)N)[C@@H](C)[C@H]1C)C(CC)(C(C)C)c1cc(C3NC4C=CC=CC4S3)ccc12. The van der Waals surface area contributed by atoms with Crippen molar-refractivity contribution in [3.8, 4) is 0 Å². The molecule has 0 spiro atoms. The smallest absolute Gasteiger partial charge is 0.0801 e. The fraction of sp³-hybridized carbons (Fsp3) is 0.515. The largest absolute Gasteiger partial charge is 0.402 e. The van der Waals surface area contributed by atoms with Gasteiger partial charge in [0.25, 0.3) is 0 Å². The van der Waals surface area contributed by atoms with E-state index in [0.717, 1.165) is 18.5 Å². The molecule has 1 heterocycles. The molecule has 4 aliphatic rings. The molecule has 8 atom stereocenters. The highest BCUT2D eigenvalue weighted by Crippen LogP contribution is 2.68. The van der Waals surface area contributed by atoms with Crippen molar-refractivity contribution in [2.45, 2.75) is 81.9 Å². The number of nitrogens with two attached hydrogens (primary N) is 1. The predicted molar refractivity (Wildman–Crippen MR) is 157 cm³/mol. The van der Waals surface area contributed by atoms with E-state index in [1.165, 1.54) is 16.7 Å². The zero-order chi connectivity index (χ0) is 26.0. The third-order valence-electron chi connectivity index (χ3n) is 10.6.